The van der Waals surface area contributed by atoms with E-state index in [9.17, 15) is 48.4 Å². The lowest BCUT2D eigenvalue weighted by atomic mass is 10.0. The molecule has 0 heterocycles. The number of carboxylic acid groups (broad SMARTS) is 2. The van der Waals surface area contributed by atoms with Gasteiger partial charge in [0.2, 0.25) is 0 Å². The van der Waals surface area contributed by atoms with E-state index in [1.165, 1.54) is 24.3 Å². The van der Waals surface area contributed by atoms with Crippen LogP contribution in [0.3, 0.4) is 0 Å². The van der Waals surface area contributed by atoms with E-state index in [1.54, 1.807) is 72.8 Å². The standard InChI is InChI=1S/C23H20F3NO4S.C22H19F2NO4S/c24-23(25,26)19-12-2-4-14-21(19)32(30,31)27-20-13-3-1-9-17(20)10-5-7-16-8-6-11-18(15-16)22(28)29;23-18-11-12-21(19(24)14-18)30(28,29)25-20-10-2-1-7-16(20)8-3-5-15-6-4-9-17(13-15)22(26)27/h1-4,6,8-9,11-15,27H,5,7,10H2,(H,28,29);1-2,4,6-7,9-14,25H,3,5,8H2,(H,26,27). The van der Waals surface area contributed by atoms with Crippen LogP contribution in [0.5, 0.6) is 0 Å². The van der Waals surface area contributed by atoms with Crippen LogP contribution in [0.25, 0.3) is 0 Å². The first kappa shape index (κ1) is 46.5. The predicted octanol–water partition coefficient (Wildman–Crippen LogP) is 10.0. The summed E-state index contributed by atoms with van der Waals surface area (Å²) in [5.74, 6) is -4.05. The lowest BCUT2D eigenvalue weighted by Gasteiger charge is -2.16. The summed E-state index contributed by atoms with van der Waals surface area (Å²) < 4.78 is 122. The number of aromatic carboxylic acids is 2. The van der Waals surface area contributed by atoms with Crippen molar-refractivity contribution in [2.75, 3.05) is 9.44 Å². The van der Waals surface area contributed by atoms with Crippen LogP contribution in [-0.4, -0.2) is 39.0 Å². The molecule has 0 saturated heterocycles. The molecular formula is C45H39F5N2O8S2. The van der Waals surface area contributed by atoms with Gasteiger partial charge in [0.05, 0.1) is 33.0 Å². The second kappa shape index (κ2) is 20.3. The van der Waals surface area contributed by atoms with Crippen molar-refractivity contribution in [3.05, 3.63) is 190 Å². The molecule has 62 heavy (non-hydrogen) atoms. The minimum atomic E-state index is -4.81. The van der Waals surface area contributed by atoms with Crippen molar-refractivity contribution >= 4 is 43.4 Å². The molecule has 0 radical (unpaired) electrons. The number of benzene rings is 6. The van der Waals surface area contributed by atoms with Crippen molar-refractivity contribution in [2.24, 2.45) is 0 Å². The number of sulfonamides is 2. The highest BCUT2D eigenvalue weighted by Crippen LogP contribution is 2.35. The third-order valence-electron chi connectivity index (χ3n) is 9.36. The van der Waals surface area contributed by atoms with Gasteiger partial charge in [-0.25, -0.2) is 35.2 Å². The second-order valence-corrected chi connectivity index (χ2v) is 17.1. The van der Waals surface area contributed by atoms with Crippen LogP contribution in [0, 0.1) is 11.6 Å². The number of hydrogen-bond acceptors (Lipinski definition) is 6. The minimum absolute atomic E-state index is 0.180. The molecule has 0 aromatic heterocycles. The third-order valence-corrected chi connectivity index (χ3v) is 12.2. The molecule has 17 heteroatoms. The SMILES string of the molecule is O=C(O)c1cccc(CCCc2ccccc2NS(=O)(=O)c2ccc(F)cc2F)c1.O=C(O)c1cccc(CCCc2ccccc2NS(=O)(=O)c2ccccc2C(F)(F)F)c1. The molecule has 324 valence electrons. The average Bonchev–Trinajstić information content (AvgIpc) is 3.22. The number of para-hydroxylation sites is 2. The molecule has 0 fully saturated rings. The molecule has 0 unspecified atom stereocenters. The Hall–Kier alpha value is -6.59. The van der Waals surface area contributed by atoms with Gasteiger partial charge in [0, 0.05) is 6.07 Å². The van der Waals surface area contributed by atoms with E-state index in [0.29, 0.717) is 61.4 Å². The van der Waals surface area contributed by atoms with Crippen LogP contribution >= 0.6 is 0 Å². The molecule has 6 aromatic rings. The molecule has 0 bridgehead atoms. The summed E-state index contributed by atoms with van der Waals surface area (Å²) in [6.45, 7) is 0. The number of alkyl halides is 3. The number of rotatable bonds is 16. The second-order valence-electron chi connectivity index (χ2n) is 13.8. The molecule has 4 N–H and O–H groups in total. The Balaban J connectivity index is 0.000000235. The van der Waals surface area contributed by atoms with Gasteiger partial charge < -0.3 is 10.2 Å². The number of hydrogen-bond donors (Lipinski definition) is 4. The average molecular weight is 895 g/mol. The summed E-state index contributed by atoms with van der Waals surface area (Å²) in [6, 6.07) is 32.7. The molecule has 6 rings (SSSR count). The molecular weight excluding hydrogens is 856 g/mol. The van der Waals surface area contributed by atoms with Gasteiger partial charge in [-0.15, -0.1) is 0 Å². The van der Waals surface area contributed by atoms with E-state index >= 15 is 0 Å². The molecule has 0 aliphatic carbocycles. The van der Waals surface area contributed by atoms with Gasteiger partial charge in [-0.3, -0.25) is 9.44 Å². The topological polar surface area (TPSA) is 167 Å². The zero-order valence-electron chi connectivity index (χ0n) is 32.6. The smallest absolute Gasteiger partial charge is 0.417 e. The maximum absolute atomic E-state index is 13.9. The summed E-state index contributed by atoms with van der Waals surface area (Å²) in [4.78, 5) is 20.7. The molecule has 0 atom stereocenters. The van der Waals surface area contributed by atoms with Gasteiger partial charge in [-0.1, -0.05) is 72.8 Å². The Morgan fingerprint density at radius 2 is 0.968 bits per heavy atom. The van der Waals surface area contributed by atoms with Crippen LogP contribution < -0.4 is 9.44 Å². The van der Waals surface area contributed by atoms with Crippen LogP contribution in [0.15, 0.2) is 149 Å². The first-order valence-corrected chi connectivity index (χ1v) is 21.8. The summed E-state index contributed by atoms with van der Waals surface area (Å²) >= 11 is 0. The molecule has 0 aliphatic rings. The largest absolute Gasteiger partial charge is 0.478 e. The number of halogens is 5. The van der Waals surface area contributed by atoms with Gasteiger partial charge in [-0.05, 0) is 121 Å². The summed E-state index contributed by atoms with van der Waals surface area (Å²) in [5, 5.41) is 18.2. The quantitative estimate of drug-likeness (QED) is 0.0697. The van der Waals surface area contributed by atoms with Gasteiger partial charge in [0.25, 0.3) is 20.0 Å². The van der Waals surface area contributed by atoms with E-state index in [0.717, 1.165) is 41.5 Å². The predicted molar refractivity (Wildman–Crippen MR) is 223 cm³/mol. The highest BCUT2D eigenvalue weighted by Gasteiger charge is 2.37. The van der Waals surface area contributed by atoms with E-state index < -0.39 is 65.2 Å². The van der Waals surface area contributed by atoms with E-state index in [4.69, 9.17) is 10.2 Å². The Labute approximate surface area is 354 Å². The Bertz CT molecular complexity index is 2780. The summed E-state index contributed by atoms with van der Waals surface area (Å²) in [5.41, 5.74) is 2.67. The molecule has 0 aliphatic heterocycles. The molecule has 6 aromatic carbocycles. The number of anilines is 2. The maximum Gasteiger partial charge on any atom is 0.417 e. The van der Waals surface area contributed by atoms with Crippen LogP contribution in [0.4, 0.5) is 33.3 Å². The van der Waals surface area contributed by atoms with Crippen molar-refractivity contribution in [2.45, 2.75) is 54.5 Å². The summed E-state index contributed by atoms with van der Waals surface area (Å²) in [7, 11) is -8.71. The Kier molecular flexibility index (Phi) is 15.2. The first-order chi connectivity index (χ1) is 29.3. The first-order valence-electron chi connectivity index (χ1n) is 18.8. The lowest BCUT2D eigenvalue weighted by Crippen LogP contribution is -2.19. The monoisotopic (exact) mass is 894 g/mol. The minimum Gasteiger partial charge on any atom is -0.478 e. The highest BCUT2D eigenvalue weighted by molar-refractivity contribution is 7.93. The van der Waals surface area contributed by atoms with Crippen LogP contribution in [-0.2, 0) is 51.9 Å². The zero-order valence-corrected chi connectivity index (χ0v) is 34.2. The Morgan fingerprint density at radius 1 is 0.516 bits per heavy atom. The van der Waals surface area contributed by atoms with Crippen molar-refractivity contribution in [1.82, 2.24) is 0 Å². The van der Waals surface area contributed by atoms with Crippen LogP contribution in [0.1, 0.15) is 61.4 Å². The zero-order chi connectivity index (χ0) is 45.1. The van der Waals surface area contributed by atoms with Gasteiger partial charge in [0.15, 0.2) is 0 Å². The molecule has 10 nitrogen and oxygen atoms in total. The van der Waals surface area contributed by atoms with Crippen LogP contribution in [0.2, 0.25) is 0 Å². The van der Waals surface area contributed by atoms with Crippen molar-refractivity contribution in [1.29, 1.82) is 0 Å². The number of aryl methyl sites for hydroxylation is 4. The van der Waals surface area contributed by atoms with Gasteiger partial charge in [-0.2, -0.15) is 13.2 Å². The molecule has 0 amide bonds. The van der Waals surface area contributed by atoms with Crippen molar-refractivity contribution in [3.8, 4) is 0 Å². The lowest BCUT2D eigenvalue weighted by molar-refractivity contribution is -0.139. The maximum atomic E-state index is 13.9. The Morgan fingerprint density at radius 3 is 1.44 bits per heavy atom. The van der Waals surface area contributed by atoms with E-state index in [1.807, 2.05) is 6.07 Å². The van der Waals surface area contributed by atoms with E-state index in [-0.39, 0.29) is 16.8 Å². The van der Waals surface area contributed by atoms with Crippen molar-refractivity contribution in [3.63, 3.8) is 0 Å². The van der Waals surface area contributed by atoms with Crippen molar-refractivity contribution < 1.29 is 58.6 Å². The number of carbonyl (C=O) groups is 2. The normalized spacial score (nSPS) is 11.6. The fourth-order valence-corrected chi connectivity index (χ4v) is 8.88. The third kappa shape index (κ3) is 12.7. The highest BCUT2D eigenvalue weighted by atomic mass is 32.2. The number of nitrogens with one attached hydrogen (secondary N) is 2. The fraction of sp³-hybridized carbons (Fsp3) is 0.156. The molecule has 0 saturated carbocycles. The number of carboxylic acids is 2. The fourth-order valence-electron chi connectivity index (χ4n) is 6.39. The van der Waals surface area contributed by atoms with Gasteiger partial charge in [0.1, 0.15) is 16.5 Å². The van der Waals surface area contributed by atoms with Gasteiger partial charge >= 0.3 is 18.1 Å². The van der Waals surface area contributed by atoms with E-state index in [2.05, 4.69) is 9.44 Å². The molecule has 0 spiro atoms. The summed E-state index contributed by atoms with van der Waals surface area (Å²) in [6.07, 6.45) is -1.46.